The zero-order valence-electron chi connectivity index (χ0n) is 15.0. The van der Waals surface area contributed by atoms with Crippen LogP contribution in [0.2, 0.25) is 0 Å². The zero-order chi connectivity index (χ0) is 17.6. The van der Waals surface area contributed by atoms with Gasteiger partial charge in [0.1, 0.15) is 5.76 Å². The van der Waals surface area contributed by atoms with Crippen LogP contribution >= 0.6 is 0 Å². The smallest absolute Gasteiger partial charge is 0.272 e. The molecular formula is C17H24N4O3. The first-order valence-electron chi connectivity index (χ1n) is 8.19. The third kappa shape index (κ3) is 2.73. The Hall–Kier alpha value is -2.15. The zero-order valence-corrected chi connectivity index (χ0v) is 15.0. The van der Waals surface area contributed by atoms with Gasteiger partial charge in [-0.1, -0.05) is 5.16 Å². The molecule has 0 aromatic carbocycles. The van der Waals surface area contributed by atoms with Crippen LogP contribution in [0.3, 0.4) is 0 Å². The number of carbonyl (C=O) groups excluding carboxylic acids is 1. The van der Waals surface area contributed by atoms with Crippen LogP contribution in [0.25, 0.3) is 0 Å². The van der Waals surface area contributed by atoms with Crippen molar-refractivity contribution < 1.29 is 14.1 Å². The third-order valence-corrected chi connectivity index (χ3v) is 4.53. The quantitative estimate of drug-likeness (QED) is 0.901. The summed E-state index contributed by atoms with van der Waals surface area (Å²) in [4.78, 5) is 12.8. The monoisotopic (exact) mass is 332 g/mol. The summed E-state index contributed by atoms with van der Waals surface area (Å²) in [5, 5.41) is 14.2. The molecule has 1 aliphatic heterocycles. The highest BCUT2D eigenvalue weighted by atomic mass is 16.5. The lowest BCUT2D eigenvalue weighted by molar-refractivity contribution is -0.00697. The normalized spacial score (nSPS) is 20.8. The molecule has 0 radical (unpaired) electrons. The van der Waals surface area contributed by atoms with Crippen molar-refractivity contribution in [3.8, 4) is 0 Å². The van der Waals surface area contributed by atoms with Crippen LogP contribution in [0.5, 0.6) is 0 Å². The largest absolute Gasteiger partial charge is 0.369 e. The first-order chi connectivity index (χ1) is 11.2. The van der Waals surface area contributed by atoms with E-state index in [1.165, 1.54) is 0 Å². The first-order valence-corrected chi connectivity index (χ1v) is 8.19. The van der Waals surface area contributed by atoms with Crippen molar-refractivity contribution in [2.75, 3.05) is 0 Å². The van der Waals surface area contributed by atoms with E-state index in [2.05, 4.69) is 20.7 Å². The van der Waals surface area contributed by atoms with Crippen LogP contribution in [-0.2, 0) is 16.7 Å². The number of ether oxygens (including phenoxy) is 1. The van der Waals surface area contributed by atoms with Crippen molar-refractivity contribution in [2.45, 2.75) is 65.7 Å². The number of nitrogens with zero attached hydrogens (tertiary/aromatic N) is 2. The van der Waals surface area contributed by atoms with E-state index in [4.69, 9.17) is 9.26 Å². The van der Waals surface area contributed by atoms with Crippen molar-refractivity contribution in [1.82, 2.24) is 20.7 Å². The summed E-state index contributed by atoms with van der Waals surface area (Å²) in [6, 6.07) is 0. The lowest BCUT2D eigenvalue weighted by Crippen LogP contribution is -2.42. The Labute approximate surface area is 141 Å². The molecule has 24 heavy (non-hydrogen) atoms. The van der Waals surface area contributed by atoms with Gasteiger partial charge in [0.05, 0.1) is 29.1 Å². The SMILES string of the molecule is Cc1noc(C)c1C(C)(C)NC(=O)c1n[nH]c2c1C[C@@H](C)O[C@H]2C. The van der Waals surface area contributed by atoms with E-state index in [9.17, 15) is 4.79 Å². The number of H-pyrrole nitrogens is 1. The summed E-state index contributed by atoms with van der Waals surface area (Å²) in [7, 11) is 0. The molecule has 0 saturated carbocycles. The number of nitrogens with one attached hydrogen (secondary N) is 2. The molecule has 7 nitrogen and oxygen atoms in total. The molecule has 2 aromatic rings. The predicted octanol–water partition coefficient (Wildman–Crippen LogP) is 2.70. The van der Waals surface area contributed by atoms with Crippen LogP contribution in [-0.4, -0.2) is 27.4 Å². The van der Waals surface area contributed by atoms with Gasteiger partial charge >= 0.3 is 0 Å². The highest BCUT2D eigenvalue weighted by molar-refractivity contribution is 5.94. The molecule has 1 aliphatic rings. The Morgan fingerprint density at radius 2 is 2.04 bits per heavy atom. The summed E-state index contributed by atoms with van der Waals surface area (Å²) in [5.41, 5.74) is 3.32. The van der Waals surface area contributed by atoms with Crippen LogP contribution < -0.4 is 5.32 Å². The molecule has 2 N–H and O–H groups in total. The molecule has 3 heterocycles. The molecule has 3 rings (SSSR count). The predicted molar refractivity (Wildman–Crippen MR) is 87.7 cm³/mol. The number of hydrogen-bond acceptors (Lipinski definition) is 5. The van der Waals surface area contributed by atoms with Gasteiger partial charge in [-0.2, -0.15) is 5.10 Å². The highest BCUT2D eigenvalue weighted by Crippen LogP contribution is 2.31. The lowest BCUT2D eigenvalue weighted by Gasteiger charge is -2.27. The van der Waals surface area contributed by atoms with Gasteiger partial charge in [0.25, 0.3) is 5.91 Å². The summed E-state index contributed by atoms with van der Waals surface area (Å²) in [5.74, 6) is 0.497. The molecule has 7 heteroatoms. The maximum absolute atomic E-state index is 12.8. The second-order valence-electron chi connectivity index (χ2n) is 7.04. The van der Waals surface area contributed by atoms with Gasteiger partial charge in [-0.05, 0) is 41.5 Å². The lowest BCUT2D eigenvalue weighted by atomic mass is 9.92. The van der Waals surface area contributed by atoms with E-state index in [0.717, 1.165) is 22.5 Å². The summed E-state index contributed by atoms with van der Waals surface area (Å²) in [6.45, 7) is 11.6. The molecule has 0 bridgehead atoms. The topological polar surface area (TPSA) is 93.0 Å². The fraction of sp³-hybridized carbons (Fsp3) is 0.588. The molecule has 2 atom stereocenters. The summed E-state index contributed by atoms with van der Waals surface area (Å²) < 4.78 is 11.0. The Bertz CT molecular complexity index is 755. The van der Waals surface area contributed by atoms with E-state index < -0.39 is 5.54 Å². The van der Waals surface area contributed by atoms with Crippen LogP contribution in [0, 0.1) is 13.8 Å². The highest BCUT2D eigenvalue weighted by Gasteiger charge is 2.34. The van der Waals surface area contributed by atoms with Crippen molar-refractivity contribution in [3.05, 3.63) is 34.0 Å². The van der Waals surface area contributed by atoms with Gasteiger partial charge in [-0.15, -0.1) is 0 Å². The number of amides is 1. The Morgan fingerprint density at radius 1 is 1.33 bits per heavy atom. The van der Waals surface area contributed by atoms with E-state index in [1.54, 1.807) is 0 Å². The van der Waals surface area contributed by atoms with Gasteiger partial charge in [-0.3, -0.25) is 9.89 Å². The maximum atomic E-state index is 12.8. The molecule has 0 unspecified atom stereocenters. The maximum Gasteiger partial charge on any atom is 0.272 e. The van der Waals surface area contributed by atoms with Gasteiger partial charge in [-0.25, -0.2) is 0 Å². The Morgan fingerprint density at radius 3 is 2.67 bits per heavy atom. The first kappa shape index (κ1) is 16.7. The van der Waals surface area contributed by atoms with Crippen molar-refractivity contribution in [1.29, 1.82) is 0 Å². The van der Waals surface area contributed by atoms with Crippen molar-refractivity contribution >= 4 is 5.91 Å². The standard InChI is InChI=1S/C17H24N4O3/c1-8-7-12-14(11(4)23-8)19-20-15(12)16(22)18-17(5,6)13-9(2)21-24-10(13)3/h8,11H,7H2,1-6H3,(H,18,22)(H,19,20)/t8-,11+/m1/s1. The fourth-order valence-electron chi connectivity index (χ4n) is 3.64. The average molecular weight is 332 g/mol. The number of aryl methyl sites for hydroxylation is 2. The minimum Gasteiger partial charge on any atom is -0.369 e. The van der Waals surface area contributed by atoms with E-state index in [-0.39, 0.29) is 18.1 Å². The van der Waals surface area contributed by atoms with Crippen molar-refractivity contribution in [3.63, 3.8) is 0 Å². The molecule has 2 aromatic heterocycles. The number of rotatable bonds is 3. The minimum atomic E-state index is -0.612. The molecular weight excluding hydrogens is 308 g/mol. The third-order valence-electron chi connectivity index (χ3n) is 4.53. The van der Waals surface area contributed by atoms with Crippen LogP contribution in [0.15, 0.2) is 4.52 Å². The molecule has 0 saturated heterocycles. The number of fused-ring (bicyclic) bond motifs is 1. The van der Waals surface area contributed by atoms with Gasteiger partial charge in [0.2, 0.25) is 0 Å². The second kappa shape index (κ2) is 5.73. The Kier molecular flexibility index (Phi) is 3.99. The molecule has 130 valence electrons. The molecule has 0 spiro atoms. The van der Waals surface area contributed by atoms with E-state index in [1.807, 2.05) is 41.5 Å². The number of aromatic nitrogens is 3. The molecule has 0 aliphatic carbocycles. The van der Waals surface area contributed by atoms with Crippen LogP contribution in [0.4, 0.5) is 0 Å². The number of hydrogen-bond donors (Lipinski definition) is 2. The number of aromatic amines is 1. The van der Waals surface area contributed by atoms with Gasteiger partial charge < -0.3 is 14.6 Å². The molecule has 1 amide bonds. The second-order valence-corrected chi connectivity index (χ2v) is 7.04. The van der Waals surface area contributed by atoms with Crippen molar-refractivity contribution in [2.24, 2.45) is 0 Å². The number of carbonyl (C=O) groups is 1. The van der Waals surface area contributed by atoms with Gasteiger partial charge in [0, 0.05) is 17.5 Å². The summed E-state index contributed by atoms with van der Waals surface area (Å²) in [6.07, 6.45) is 0.644. The van der Waals surface area contributed by atoms with Crippen LogP contribution in [0.1, 0.15) is 72.6 Å². The average Bonchev–Trinajstić information content (AvgIpc) is 3.02. The Balaban J connectivity index is 1.89. The van der Waals surface area contributed by atoms with Gasteiger partial charge in [0.15, 0.2) is 5.69 Å². The fourth-order valence-corrected chi connectivity index (χ4v) is 3.64. The van der Waals surface area contributed by atoms with E-state index in [0.29, 0.717) is 17.9 Å². The van der Waals surface area contributed by atoms with E-state index >= 15 is 0 Å². The molecule has 0 fully saturated rings. The summed E-state index contributed by atoms with van der Waals surface area (Å²) >= 11 is 0. The minimum absolute atomic E-state index is 0.0622.